The average Bonchev–Trinajstić information content (AvgIpc) is 2.84. The van der Waals surface area contributed by atoms with Gasteiger partial charge in [0.05, 0.1) is 6.61 Å². The number of anilines is 1. The zero-order chi connectivity index (χ0) is 14.4. The number of benzene rings is 1. The van der Waals surface area contributed by atoms with Gasteiger partial charge in [-0.1, -0.05) is 0 Å². The number of aromatic nitrogens is 2. The number of amides is 1. The molecule has 106 valence electrons. The summed E-state index contributed by atoms with van der Waals surface area (Å²) in [7, 11) is 0. The molecule has 1 heterocycles. The monoisotopic (exact) mass is 273 g/mol. The van der Waals surface area contributed by atoms with Crippen LogP contribution in [0.2, 0.25) is 0 Å². The second kappa shape index (κ2) is 6.75. The lowest BCUT2D eigenvalue weighted by Gasteiger charge is -2.08. The quantitative estimate of drug-likeness (QED) is 0.880. The van der Waals surface area contributed by atoms with Crippen molar-refractivity contribution in [3.8, 4) is 5.75 Å². The van der Waals surface area contributed by atoms with Crippen molar-refractivity contribution in [2.24, 2.45) is 0 Å². The maximum absolute atomic E-state index is 11.8. The van der Waals surface area contributed by atoms with Crippen LogP contribution < -0.4 is 10.1 Å². The maximum atomic E-state index is 11.8. The molecule has 2 rings (SSSR count). The van der Waals surface area contributed by atoms with Crippen LogP contribution >= 0.6 is 0 Å². The second-order valence-corrected chi connectivity index (χ2v) is 4.45. The number of hydrogen-bond acceptors (Lipinski definition) is 3. The molecular weight excluding hydrogens is 254 g/mol. The van der Waals surface area contributed by atoms with E-state index in [4.69, 9.17) is 4.74 Å². The van der Waals surface area contributed by atoms with Gasteiger partial charge in [-0.25, -0.2) is 0 Å². The molecule has 0 saturated carbocycles. The third-order valence-electron chi connectivity index (χ3n) is 2.93. The van der Waals surface area contributed by atoms with Crippen LogP contribution in [0.15, 0.2) is 36.5 Å². The number of nitrogens with one attached hydrogen (secondary N) is 1. The molecule has 0 spiro atoms. The van der Waals surface area contributed by atoms with Crippen LogP contribution in [0.25, 0.3) is 0 Å². The average molecular weight is 273 g/mol. The maximum Gasteiger partial charge on any atom is 0.226 e. The van der Waals surface area contributed by atoms with Crippen molar-refractivity contribution in [2.45, 2.75) is 26.8 Å². The molecule has 0 fully saturated rings. The first-order chi connectivity index (χ1) is 9.69. The highest BCUT2D eigenvalue weighted by atomic mass is 16.5. The molecule has 0 radical (unpaired) electrons. The van der Waals surface area contributed by atoms with E-state index in [0.717, 1.165) is 17.1 Å². The van der Waals surface area contributed by atoms with Crippen LogP contribution in [0.4, 0.5) is 5.69 Å². The molecule has 2 aromatic rings. The minimum atomic E-state index is -0.0240. The van der Waals surface area contributed by atoms with Crippen LogP contribution in [0.3, 0.4) is 0 Å². The largest absolute Gasteiger partial charge is 0.494 e. The smallest absolute Gasteiger partial charge is 0.226 e. The Hall–Kier alpha value is -2.30. The number of nitrogens with zero attached hydrogens (tertiary/aromatic N) is 2. The number of aryl methyl sites for hydroxylation is 2. The van der Waals surface area contributed by atoms with Crippen LogP contribution in [-0.2, 0) is 11.3 Å². The minimum absolute atomic E-state index is 0.0240. The number of carbonyl (C=O) groups excluding carboxylic acids is 1. The lowest BCUT2D eigenvalue weighted by Crippen LogP contribution is -2.15. The van der Waals surface area contributed by atoms with Crippen molar-refractivity contribution < 1.29 is 9.53 Å². The summed E-state index contributed by atoms with van der Waals surface area (Å²) in [6, 6.07) is 9.28. The third kappa shape index (κ3) is 3.85. The van der Waals surface area contributed by atoms with Gasteiger partial charge in [0.2, 0.25) is 5.91 Å². The molecule has 0 saturated heterocycles. The van der Waals surface area contributed by atoms with Crippen molar-refractivity contribution in [2.75, 3.05) is 11.9 Å². The molecule has 1 N–H and O–H groups in total. The van der Waals surface area contributed by atoms with Crippen molar-refractivity contribution >= 4 is 11.6 Å². The molecule has 0 aliphatic heterocycles. The Morgan fingerprint density at radius 3 is 2.65 bits per heavy atom. The lowest BCUT2D eigenvalue weighted by atomic mass is 10.3. The first-order valence-corrected chi connectivity index (χ1v) is 6.70. The Labute approximate surface area is 118 Å². The Bertz CT molecular complexity index is 561. The topological polar surface area (TPSA) is 56.1 Å². The molecule has 5 nitrogen and oxygen atoms in total. The molecule has 0 aliphatic rings. The van der Waals surface area contributed by atoms with Gasteiger partial charge in [-0.05, 0) is 44.2 Å². The van der Waals surface area contributed by atoms with Crippen molar-refractivity contribution in [1.82, 2.24) is 9.78 Å². The lowest BCUT2D eigenvalue weighted by molar-refractivity contribution is -0.116. The van der Waals surface area contributed by atoms with Gasteiger partial charge in [-0.15, -0.1) is 0 Å². The Balaban J connectivity index is 1.83. The molecular formula is C15H19N3O2. The summed E-state index contributed by atoms with van der Waals surface area (Å²) < 4.78 is 7.17. The highest BCUT2D eigenvalue weighted by Crippen LogP contribution is 2.15. The molecule has 0 atom stereocenters. The van der Waals surface area contributed by atoms with Gasteiger partial charge >= 0.3 is 0 Å². The first-order valence-electron chi connectivity index (χ1n) is 6.70. The standard InChI is InChI=1S/C15H19N3O2/c1-3-20-14-6-4-13(5-7-14)17-15(19)9-11-18-12(2)8-10-16-18/h4-8,10H,3,9,11H2,1-2H3,(H,17,19). The fourth-order valence-corrected chi connectivity index (χ4v) is 1.86. The number of carbonyl (C=O) groups is 1. The zero-order valence-electron chi connectivity index (χ0n) is 11.8. The van der Waals surface area contributed by atoms with Gasteiger partial charge in [0.15, 0.2) is 0 Å². The Kier molecular flexibility index (Phi) is 4.76. The molecule has 0 unspecified atom stereocenters. The van der Waals surface area contributed by atoms with E-state index in [1.165, 1.54) is 0 Å². The van der Waals surface area contributed by atoms with Crippen molar-refractivity contribution in [3.05, 3.63) is 42.2 Å². The van der Waals surface area contributed by atoms with Gasteiger partial charge < -0.3 is 10.1 Å². The van der Waals surface area contributed by atoms with Crippen molar-refractivity contribution in [1.29, 1.82) is 0 Å². The minimum Gasteiger partial charge on any atom is -0.494 e. The summed E-state index contributed by atoms with van der Waals surface area (Å²) in [5.41, 5.74) is 1.83. The fourth-order valence-electron chi connectivity index (χ4n) is 1.86. The summed E-state index contributed by atoms with van der Waals surface area (Å²) >= 11 is 0. The predicted octanol–water partition coefficient (Wildman–Crippen LogP) is 2.62. The van der Waals surface area contributed by atoms with E-state index >= 15 is 0 Å². The summed E-state index contributed by atoms with van der Waals surface area (Å²) in [6.45, 7) is 5.13. The molecule has 1 aromatic heterocycles. The van der Waals surface area contributed by atoms with Gasteiger partial charge in [0.25, 0.3) is 0 Å². The SMILES string of the molecule is CCOc1ccc(NC(=O)CCn2nccc2C)cc1. The highest BCUT2D eigenvalue weighted by Gasteiger charge is 2.04. The van der Waals surface area contributed by atoms with Crippen molar-refractivity contribution in [3.63, 3.8) is 0 Å². The number of rotatable bonds is 6. The second-order valence-electron chi connectivity index (χ2n) is 4.45. The number of hydrogen-bond donors (Lipinski definition) is 1. The van der Waals surface area contributed by atoms with E-state index in [-0.39, 0.29) is 5.91 Å². The fraction of sp³-hybridized carbons (Fsp3) is 0.333. The Morgan fingerprint density at radius 1 is 1.30 bits per heavy atom. The zero-order valence-corrected chi connectivity index (χ0v) is 11.8. The summed E-state index contributed by atoms with van der Waals surface area (Å²) in [5, 5.41) is 7.00. The first kappa shape index (κ1) is 14.1. The molecule has 1 aromatic carbocycles. The molecule has 0 aliphatic carbocycles. The van der Waals surface area contributed by atoms with Crippen LogP contribution in [0.1, 0.15) is 19.0 Å². The molecule has 20 heavy (non-hydrogen) atoms. The number of ether oxygens (including phenoxy) is 1. The van der Waals surface area contributed by atoms with E-state index < -0.39 is 0 Å². The van der Waals surface area contributed by atoms with Gasteiger partial charge in [-0.2, -0.15) is 5.10 Å². The van der Waals surface area contributed by atoms with E-state index in [1.54, 1.807) is 6.20 Å². The normalized spacial score (nSPS) is 10.3. The Morgan fingerprint density at radius 2 is 2.05 bits per heavy atom. The van der Waals surface area contributed by atoms with Crippen LogP contribution in [0.5, 0.6) is 5.75 Å². The summed E-state index contributed by atoms with van der Waals surface area (Å²) in [4.78, 5) is 11.8. The summed E-state index contributed by atoms with van der Waals surface area (Å²) in [6.07, 6.45) is 2.13. The molecule has 1 amide bonds. The van der Waals surface area contributed by atoms with E-state index in [9.17, 15) is 4.79 Å². The summed E-state index contributed by atoms with van der Waals surface area (Å²) in [5.74, 6) is 0.779. The van der Waals surface area contributed by atoms with Crippen LogP contribution in [-0.4, -0.2) is 22.3 Å². The van der Waals surface area contributed by atoms with Crippen LogP contribution in [0, 0.1) is 6.92 Å². The highest BCUT2D eigenvalue weighted by molar-refractivity contribution is 5.90. The molecule has 0 bridgehead atoms. The van der Waals surface area contributed by atoms with Gasteiger partial charge in [0, 0.05) is 30.5 Å². The van der Waals surface area contributed by atoms with E-state index in [1.807, 2.05) is 48.9 Å². The third-order valence-corrected chi connectivity index (χ3v) is 2.93. The van der Waals surface area contributed by atoms with Gasteiger partial charge in [-0.3, -0.25) is 9.48 Å². The van der Waals surface area contributed by atoms with E-state index in [0.29, 0.717) is 19.6 Å². The van der Waals surface area contributed by atoms with Gasteiger partial charge in [0.1, 0.15) is 5.75 Å². The predicted molar refractivity (Wildman–Crippen MR) is 77.8 cm³/mol. The van der Waals surface area contributed by atoms with E-state index in [2.05, 4.69) is 10.4 Å². The molecule has 5 heteroatoms.